The predicted molar refractivity (Wildman–Crippen MR) is 101 cm³/mol. The van der Waals surface area contributed by atoms with Crippen LogP contribution in [0.5, 0.6) is 0 Å². The Labute approximate surface area is 162 Å². The molecule has 2 aliphatic rings. The van der Waals surface area contributed by atoms with E-state index in [4.69, 9.17) is 0 Å². The first kappa shape index (κ1) is 17.3. The Balaban J connectivity index is 1.47. The van der Waals surface area contributed by atoms with Gasteiger partial charge in [-0.3, -0.25) is 4.68 Å². The minimum atomic E-state index is -3.33. The standard InChI is InChI=1S/C18H19N7O2S/c1-17(3-4-17)28(26,27)24-10-18(11-24,5-6-19)25-9-13(8-23-25)15-14-2-7-20-16(14)22-12-21-15/h2,7-9,12H,3-5,10-11H2,1H3,(H,20,21,22). The molecule has 0 atom stereocenters. The monoisotopic (exact) mass is 397 g/mol. The zero-order chi connectivity index (χ0) is 19.6. The van der Waals surface area contributed by atoms with Gasteiger partial charge in [0, 0.05) is 36.4 Å². The van der Waals surface area contributed by atoms with Crippen molar-refractivity contribution in [3.8, 4) is 17.3 Å². The summed E-state index contributed by atoms with van der Waals surface area (Å²) < 4.78 is 28.1. The smallest absolute Gasteiger partial charge is 0.219 e. The molecule has 3 aromatic heterocycles. The second-order valence-electron chi connectivity index (χ2n) is 7.92. The molecular formula is C18H19N7O2S. The molecule has 0 spiro atoms. The molecule has 0 aromatic carbocycles. The number of nitrogens with one attached hydrogen (secondary N) is 1. The van der Waals surface area contributed by atoms with Crippen LogP contribution in [-0.2, 0) is 15.6 Å². The first-order valence-corrected chi connectivity index (χ1v) is 10.5. The zero-order valence-electron chi connectivity index (χ0n) is 15.3. The molecule has 4 heterocycles. The molecule has 0 amide bonds. The summed E-state index contributed by atoms with van der Waals surface area (Å²) in [6, 6.07) is 4.10. The van der Waals surface area contributed by atoms with Crippen molar-refractivity contribution in [3.05, 3.63) is 31.0 Å². The Morgan fingerprint density at radius 3 is 2.82 bits per heavy atom. The van der Waals surface area contributed by atoms with E-state index in [-0.39, 0.29) is 19.5 Å². The highest BCUT2D eigenvalue weighted by Gasteiger charge is 2.59. The van der Waals surface area contributed by atoms with Crippen LogP contribution in [0.25, 0.3) is 22.3 Å². The van der Waals surface area contributed by atoms with Crippen LogP contribution in [0.1, 0.15) is 26.2 Å². The number of hydrogen-bond donors (Lipinski definition) is 1. The summed E-state index contributed by atoms with van der Waals surface area (Å²) in [5.41, 5.74) is 1.65. The number of sulfonamides is 1. The van der Waals surface area contributed by atoms with Gasteiger partial charge in [-0.15, -0.1) is 0 Å². The lowest BCUT2D eigenvalue weighted by atomic mass is 9.89. The maximum atomic E-state index is 12.8. The summed E-state index contributed by atoms with van der Waals surface area (Å²) in [6.45, 7) is 2.32. The Hall–Kier alpha value is -2.77. The third-order valence-electron chi connectivity index (χ3n) is 5.96. The van der Waals surface area contributed by atoms with Gasteiger partial charge in [0.2, 0.25) is 10.0 Å². The Morgan fingerprint density at radius 1 is 1.32 bits per heavy atom. The summed E-state index contributed by atoms with van der Waals surface area (Å²) in [7, 11) is -3.33. The predicted octanol–water partition coefficient (Wildman–Crippen LogP) is 1.63. The maximum Gasteiger partial charge on any atom is 0.219 e. The molecule has 0 bridgehead atoms. The molecule has 1 saturated carbocycles. The number of nitrogens with zero attached hydrogens (tertiary/aromatic N) is 6. The fourth-order valence-corrected chi connectivity index (χ4v) is 5.88. The van der Waals surface area contributed by atoms with Crippen molar-refractivity contribution < 1.29 is 8.42 Å². The van der Waals surface area contributed by atoms with Gasteiger partial charge in [0.15, 0.2) is 0 Å². The van der Waals surface area contributed by atoms with E-state index >= 15 is 0 Å². The first-order valence-electron chi connectivity index (χ1n) is 9.09. The van der Waals surface area contributed by atoms with Crippen LogP contribution < -0.4 is 0 Å². The van der Waals surface area contributed by atoms with Gasteiger partial charge in [0.25, 0.3) is 0 Å². The van der Waals surface area contributed by atoms with E-state index in [0.717, 1.165) is 22.3 Å². The van der Waals surface area contributed by atoms with Gasteiger partial charge < -0.3 is 4.98 Å². The van der Waals surface area contributed by atoms with Gasteiger partial charge in [0.1, 0.15) is 17.5 Å². The average molecular weight is 397 g/mol. The quantitative estimate of drug-likeness (QED) is 0.698. The van der Waals surface area contributed by atoms with Gasteiger partial charge in [-0.1, -0.05) is 0 Å². The molecule has 1 saturated heterocycles. The molecule has 2 fully saturated rings. The van der Waals surface area contributed by atoms with Crippen molar-refractivity contribution >= 4 is 21.1 Å². The number of nitriles is 1. The molecule has 9 nitrogen and oxygen atoms in total. The van der Waals surface area contributed by atoms with E-state index in [1.54, 1.807) is 24.0 Å². The van der Waals surface area contributed by atoms with Crippen LogP contribution >= 0.6 is 0 Å². The van der Waals surface area contributed by atoms with Crippen LogP contribution in [0.15, 0.2) is 31.0 Å². The molecule has 0 unspecified atom stereocenters. The highest BCUT2D eigenvalue weighted by molar-refractivity contribution is 7.90. The molecule has 0 radical (unpaired) electrons. The summed E-state index contributed by atoms with van der Waals surface area (Å²) in [4.78, 5) is 11.6. The summed E-state index contributed by atoms with van der Waals surface area (Å²) in [5, 5.41) is 14.7. The lowest BCUT2D eigenvalue weighted by Crippen LogP contribution is -2.65. The topological polar surface area (TPSA) is 121 Å². The van der Waals surface area contributed by atoms with Gasteiger partial charge in [-0.25, -0.2) is 18.4 Å². The SMILES string of the molecule is CC1(S(=O)(=O)N2CC(CC#N)(n3cc(-c4ncnc5[nH]ccc45)cn3)C2)CC1. The Bertz CT molecular complexity index is 1210. The van der Waals surface area contributed by atoms with Crippen molar-refractivity contribution in [2.24, 2.45) is 0 Å². The van der Waals surface area contributed by atoms with Crippen molar-refractivity contribution in [1.29, 1.82) is 5.26 Å². The van der Waals surface area contributed by atoms with Crippen LogP contribution in [0.3, 0.4) is 0 Å². The lowest BCUT2D eigenvalue weighted by Gasteiger charge is -2.48. The van der Waals surface area contributed by atoms with Crippen molar-refractivity contribution in [3.63, 3.8) is 0 Å². The molecular weight excluding hydrogens is 378 g/mol. The second kappa shape index (κ2) is 5.62. The molecule has 10 heteroatoms. The van der Waals surface area contributed by atoms with E-state index in [9.17, 15) is 13.7 Å². The van der Waals surface area contributed by atoms with Gasteiger partial charge in [-0.05, 0) is 25.8 Å². The van der Waals surface area contributed by atoms with Crippen LogP contribution in [0, 0.1) is 11.3 Å². The van der Waals surface area contributed by atoms with E-state index in [2.05, 4.69) is 26.1 Å². The third-order valence-corrected chi connectivity index (χ3v) is 8.55. The molecule has 1 aliphatic heterocycles. The Kier molecular flexibility index (Phi) is 3.48. The summed E-state index contributed by atoms with van der Waals surface area (Å²) in [5.74, 6) is 0. The van der Waals surface area contributed by atoms with Gasteiger partial charge in [-0.2, -0.15) is 14.7 Å². The number of H-pyrrole nitrogens is 1. The normalized spacial score (nSPS) is 20.6. The van der Waals surface area contributed by atoms with Crippen LogP contribution in [-0.4, -0.2) is 55.3 Å². The minimum Gasteiger partial charge on any atom is -0.346 e. The molecule has 28 heavy (non-hydrogen) atoms. The third kappa shape index (κ3) is 2.33. The van der Waals surface area contributed by atoms with Crippen molar-refractivity contribution in [1.82, 2.24) is 29.0 Å². The molecule has 1 N–H and O–H groups in total. The molecule has 144 valence electrons. The highest BCUT2D eigenvalue weighted by atomic mass is 32.2. The number of aromatic amines is 1. The fourth-order valence-electron chi connectivity index (χ4n) is 3.82. The zero-order valence-corrected chi connectivity index (χ0v) is 16.1. The maximum absolute atomic E-state index is 12.8. The van der Waals surface area contributed by atoms with E-state index in [1.807, 2.05) is 12.3 Å². The van der Waals surface area contributed by atoms with Gasteiger partial charge in [0.05, 0.1) is 29.1 Å². The van der Waals surface area contributed by atoms with E-state index in [1.165, 1.54) is 10.6 Å². The van der Waals surface area contributed by atoms with Crippen molar-refractivity contribution in [2.45, 2.75) is 36.5 Å². The van der Waals surface area contributed by atoms with Gasteiger partial charge >= 0.3 is 0 Å². The number of aromatic nitrogens is 5. The fraction of sp³-hybridized carbons (Fsp3) is 0.444. The number of rotatable bonds is 5. The average Bonchev–Trinajstić information content (AvgIpc) is 3.08. The lowest BCUT2D eigenvalue weighted by molar-refractivity contribution is 0.0707. The molecule has 1 aliphatic carbocycles. The highest BCUT2D eigenvalue weighted by Crippen LogP contribution is 2.48. The minimum absolute atomic E-state index is 0.195. The van der Waals surface area contributed by atoms with Crippen LogP contribution in [0.4, 0.5) is 0 Å². The Morgan fingerprint density at radius 2 is 2.11 bits per heavy atom. The summed E-state index contributed by atoms with van der Waals surface area (Å²) in [6.07, 6.45) is 8.43. The summed E-state index contributed by atoms with van der Waals surface area (Å²) >= 11 is 0. The van der Waals surface area contributed by atoms with Crippen molar-refractivity contribution in [2.75, 3.05) is 13.1 Å². The van der Waals surface area contributed by atoms with E-state index < -0.39 is 20.3 Å². The second-order valence-corrected chi connectivity index (χ2v) is 10.4. The van der Waals surface area contributed by atoms with Crippen LogP contribution in [0.2, 0.25) is 0 Å². The molecule has 3 aromatic rings. The number of hydrogen-bond acceptors (Lipinski definition) is 6. The first-order chi connectivity index (χ1) is 13.4. The van der Waals surface area contributed by atoms with E-state index in [0.29, 0.717) is 12.8 Å². The largest absolute Gasteiger partial charge is 0.346 e. The molecule has 5 rings (SSSR count). The number of fused-ring (bicyclic) bond motifs is 1.